The number of para-hydroxylation sites is 2. The van der Waals surface area contributed by atoms with Crippen LogP contribution in [-0.2, 0) is 9.59 Å². The number of halogens is 1. The number of hydrogen-bond acceptors (Lipinski definition) is 3. The van der Waals surface area contributed by atoms with Crippen molar-refractivity contribution < 1.29 is 14.3 Å². The van der Waals surface area contributed by atoms with Crippen molar-refractivity contribution in [3.63, 3.8) is 0 Å². The van der Waals surface area contributed by atoms with Crippen molar-refractivity contribution in [3.8, 4) is 5.75 Å². The van der Waals surface area contributed by atoms with E-state index in [9.17, 15) is 9.59 Å². The highest BCUT2D eigenvalue weighted by molar-refractivity contribution is 9.10. The van der Waals surface area contributed by atoms with Crippen molar-refractivity contribution in [1.29, 1.82) is 0 Å². The normalized spacial score (nSPS) is 15.0. The summed E-state index contributed by atoms with van der Waals surface area (Å²) in [5.41, 5.74) is 1.64. The molecule has 0 spiro atoms. The first-order chi connectivity index (χ1) is 12.0. The number of ether oxygens (including phenoxy) is 1. The monoisotopic (exact) mass is 402 g/mol. The average Bonchev–Trinajstić information content (AvgIpc) is 2.75. The third-order valence-electron chi connectivity index (χ3n) is 4.08. The van der Waals surface area contributed by atoms with E-state index in [1.165, 1.54) is 4.90 Å². The molecule has 0 saturated carbocycles. The van der Waals surface area contributed by atoms with Crippen LogP contribution in [0.5, 0.6) is 5.75 Å². The average molecular weight is 403 g/mol. The van der Waals surface area contributed by atoms with Crippen LogP contribution in [0.1, 0.15) is 24.9 Å². The fourth-order valence-electron chi connectivity index (χ4n) is 2.76. The number of fused-ring (bicyclic) bond motifs is 1. The van der Waals surface area contributed by atoms with Crippen molar-refractivity contribution in [2.24, 2.45) is 0 Å². The Labute approximate surface area is 155 Å². The van der Waals surface area contributed by atoms with Crippen molar-refractivity contribution in [1.82, 2.24) is 5.32 Å². The number of amides is 2. The molecule has 1 heterocycles. The Morgan fingerprint density at radius 3 is 2.72 bits per heavy atom. The SMILES string of the molecule is C[C@@H](NC(=O)CN1C(=O)CCOc2ccccc21)c1ccc(Br)cc1. The number of rotatable bonds is 4. The van der Waals surface area contributed by atoms with Crippen molar-refractivity contribution in [3.05, 3.63) is 58.6 Å². The van der Waals surface area contributed by atoms with E-state index in [2.05, 4.69) is 21.2 Å². The van der Waals surface area contributed by atoms with Gasteiger partial charge in [-0.1, -0.05) is 40.2 Å². The lowest BCUT2D eigenvalue weighted by Crippen LogP contribution is -2.41. The van der Waals surface area contributed by atoms with E-state index in [0.717, 1.165) is 10.0 Å². The van der Waals surface area contributed by atoms with Gasteiger partial charge in [0.2, 0.25) is 11.8 Å². The second-order valence-electron chi connectivity index (χ2n) is 5.89. The number of benzene rings is 2. The number of carbonyl (C=O) groups is 2. The van der Waals surface area contributed by atoms with Gasteiger partial charge in [-0.15, -0.1) is 0 Å². The lowest BCUT2D eigenvalue weighted by atomic mass is 10.1. The van der Waals surface area contributed by atoms with Crippen LogP contribution in [0.3, 0.4) is 0 Å². The van der Waals surface area contributed by atoms with Gasteiger partial charge in [0.15, 0.2) is 0 Å². The molecule has 0 saturated heterocycles. The minimum atomic E-state index is -0.208. The highest BCUT2D eigenvalue weighted by Crippen LogP contribution is 2.30. The van der Waals surface area contributed by atoms with Gasteiger partial charge in [-0.05, 0) is 36.8 Å². The molecule has 0 radical (unpaired) electrons. The number of nitrogens with one attached hydrogen (secondary N) is 1. The summed E-state index contributed by atoms with van der Waals surface area (Å²) in [5, 5.41) is 2.95. The summed E-state index contributed by atoms with van der Waals surface area (Å²) >= 11 is 3.40. The number of carbonyl (C=O) groups excluding carboxylic acids is 2. The molecule has 2 aromatic rings. The Bertz CT molecular complexity index is 776. The number of hydrogen-bond donors (Lipinski definition) is 1. The third kappa shape index (κ3) is 4.20. The predicted molar refractivity (Wildman–Crippen MR) is 99.6 cm³/mol. The van der Waals surface area contributed by atoms with Crippen molar-refractivity contribution in [2.45, 2.75) is 19.4 Å². The van der Waals surface area contributed by atoms with Gasteiger partial charge in [-0.25, -0.2) is 0 Å². The van der Waals surface area contributed by atoms with Crippen molar-refractivity contribution >= 4 is 33.4 Å². The van der Waals surface area contributed by atoms with Crippen LogP contribution >= 0.6 is 15.9 Å². The number of nitrogens with zero attached hydrogens (tertiary/aromatic N) is 1. The molecular weight excluding hydrogens is 384 g/mol. The molecule has 2 aromatic carbocycles. The molecule has 1 atom stereocenters. The first-order valence-corrected chi connectivity index (χ1v) is 8.91. The Morgan fingerprint density at radius 1 is 1.24 bits per heavy atom. The summed E-state index contributed by atoms with van der Waals surface area (Å²) in [6.07, 6.45) is 0.254. The van der Waals surface area contributed by atoms with Crippen LogP contribution in [0.2, 0.25) is 0 Å². The molecule has 0 aromatic heterocycles. The standard InChI is InChI=1S/C19H19BrN2O3/c1-13(14-6-8-15(20)9-7-14)21-18(23)12-22-16-4-2-3-5-17(16)25-11-10-19(22)24/h2-9,13H,10-12H2,1H3,(H,21,23)/t13-/m1/s1. The lowest BCUT2D eigenvalue weighted by molar-refractivity contribution is -0.124. The van der Waals surface area contributed by atoms with E-state index in [-0.39, 0.29) is 30.8 Å². The first kappa shape index (κ1) is 17.5. The van der Waals surface area contributed by atoms with Gasteiger partial charge in [0.05, 0.1) is 24.8 Å². The zero-order chi connectivity index (χ0) is 17.8. The topological polar surface area (TPSA) is 58.6 Å². The smallest absolute Gasteiger partial charge is 0.240 e. The summed E-state index contributed by atoms with van der Waals surface area (Å²) in [6, 6.07) is 14.9. The van der Waals surface area contributed by atoms with Gasteiger partial charge >= 0.3 is 0 Å². The van der Waals surface area contributed by atoms with Gasteiger partial charge in [0.1, 0.15) is 12.3 Å². The summed E-state index contributed by atoms with van der Waals surface area (Å²) in [7, 11) is 0. The molecule has 6 heteroatoms. The maximum absolute atomic E-state index is 12.5. The van der Waals surface area contributed by atoms with Gasteiger partial charge in [0.25, 0.3) is 0 Å². The van der Waals surface area contributed by atoms with Gasteiger partial charge in [-0.3, -0.25) is 14.5 Å². The van der Waals surface area contributed by atoms with E-state index >= 15 is 0 Å². The fraction of sp³-hybridized carbons (Fsp3) is 0.263. The van der Waals surface area contributed by atoms with E-state index in [1.54, 1.807) is 6.07 Å². The highest BCUT2D eigenvalue weighted by Gasteiger charge is 2.25. The molecule has 1 aliphatic rings. The Balaban J connectivity index is 1.71. The zero-order valence-corrected chi connectivity index (χ0v) is 15.5. The molecule has 1 aliphatic heterocycles. The summed E-state index contributed by atoms with van der Waals surface area (Å²) in [4.78, 5) is 26.3. The molecule has 130 valence electrons. The van der Waals surface area contributed by atoms with Crippen molar-refractivity contribution in [2.75, 3.05) is 18.1 Å². The quantitative estimate of drug-likeness (QED) is 0.851. The van der Waals surface area contributed by atoms with E-state index in [4.69, 9.17) is 4.74 Å². The van der Waals surface area contributed by atoms with Crippen LogP contribution in [0.4, 0.5) is 5.69 Å². The van der Waals surface area contributed by atoms with Crippen LogP contribution in [-0.4, -0.2) is 25.0 Å². The molecule has 5 nitrogen and oxygen atoms in total. The zero-order valence-electron chi connectivity index (χ0n) is 13.9. The fourth-order valence-corrected chi connectivity index (χ4v) is 3.02. The molecule has 0 bridgehead atoms. The second kappa shape index (κ2) is 7.70. The third-order valence-corrected chi connectivity index (χ3v) is 4.61. The van der Waals surface area contributed by atoms with Gasteiger partial charge in [0, 0.05) is 4.47 Å². The van der Waals surface area contributed by atoms with E-state index < -0.39 is 0 Å². The molecule has 3 rings (SSSR count). The Hall–Kier alpha value is -2.34. The predicted octanol–water partition coefficient (Wildman–Crippen LogP) is 3.44. The van der Waals surface area contributed by atoms with Crippen LogP contribution < -0.4 is 15.0 Å². The number of anilines is 1. The highest BCUT2D eigenvalue weighted by atomic mass is 79.9. The van der Waals surface area contributed by atoms with Crippen LogP contribution in [0.15, 0.2) is 53.0 Å². The molecule has 0 unspecified atom stereocenters. The molecule has 2 amide bonds. The van der Waals surface area contributed by atoms with Gasteiger partial charge < -0.3 is 10.1 Å². The van der Waals surface area contributed by atoms with E-state index in [0.29, 0.717) is 18.0 Å². The Morgan fingerprint density at radius 2 is 1.96 bits per heavy atom. The molecule has 0 aliphatic carbocycles. The van der Waals surface area contributed by atoms with Crippen LogP contribution in [0, 0.1) is 0 Å². The lowest BCUT2D eigenvalue weighted by Gasteiger charge is -2.23. The largest absolute Gasteiger partial charge is 0.491 e. The summed E-state index contributed by atoms with van der Waals surface area (Å²) in [5.74, 6) is 0.305. The second-order valence-corrected chi connectivity index (χ2v) is 6.80. The van der Waals surface area contributed by atoms with Crippen LogP contribution in [0.25, 0.3) is 0 Å². The first-order valence-electron chi connectivity index (χ1n) is 8.11. The minimum absolute atomic E-state index is 0.0277. The molecule has 1 N–H and O–H groups in total. The maximum atomic E-state index is 12.5. The summed E-state index contributed by atoms with van der Waals surface area (Å²) < 4.78 is 6.58. The molecular formula is C19H19BrN2O3. The van der Waals surface area contributed by atoms with E-state index in [1.807, 2.05) is 49.4 Å². The Kier molecular flexibility index (Phi) is 5.38. The minimum Gasteiger partial charge on any atom is -0.491 e. The summed E-state index contributed by atoms with van der Waals surface area (Å²) in [6.45, 7) is 2.21. The van der Waals surface area contributed by atoms with Gasteiger partial charge in [-0.2, -0.15) is 0 Å². The maximum Gasteiger partial charge on any atom is 0.240 e. The molecule has 25 heavy (non-hydrogen) atoms. The molecule has 0 fully saturated rings.